The van der Waals surface area contributed by atoms with Gasteiger partial charge in [0.1, 0.15) is 5.60 Å². The zero-order valence-corrected chi connectivity index (χ0v) is 15.9. The quantitative estimate of drug-likeness (QED) is 0.746. The lowest BCUT2D eigenvalue weighted by Gasteiger charge is -2.45. The zero-order valence-electron chi connectivity index (χ0n) is 15.1. The van der Waals surface area contributed by atoms with Crippen LogP contribution in [0, 0.1) is 11.5 Å². The molecule has 10 heteroatoms. The van der Waals surface area contributed by atoms with Crippen LogP contribution in [0.25, 0.3) is 0 Å². The number of carbonyl (C=O) groups is 2. The lowest BCUT2D eigenvalue weighted by atomic mass is 9.94. The number of hydrogen-bond acceptors (Lipinski definition) is 8. The molecule has 1 aromatic rings. The van der Waals surface area contributed by atoms with Gasteiger partial charge in [-0.3, -0.25) is 10.2 Å². The van der Waals surface area contributed by atoms with E-state index in [0.717, 1.165) is 10.6 Å². The summed E-state index contributed by atoms with van der Waals surface area (Å²) in [5.41, 5.74) is 0.253. The van der Waals surface area contributed by atoms with Crippen LogP contribution in [0.4, 0.5) is 14.7 Å². The molecule has 2 aliphatic rings. The number of piperazine rings is 1. The fourth-order valence-electron chi connectivity index (χ4n) is 3.21. The first-order chi connectivity index (χ1) is 12.2. The van der Waals surface area contributed by atoms with Crippen LogP contribution in [-0.4, -0.2) is 58.8 Å². The number of methoxy groups -OCH3 is 1. The van der Waals surface area contributed by atoms with Gasteiger partial charge in [0, 0.05) is 13.0 Å². The van der Waals surface area contributed by atoms with E-state index in [0.29, 0.717) is 24.6 Å². The van der Waals surface area contributed by atoms with E-state index in [1.165, 1.54) is 18.4 Å². The van der Waals surface area contributed by atoms with Crippen LogP contribution in [0.1, 0.15) is 37.4 Å². The summed E-state index contributed by atoms with van der Waals surface area (Å²) in [4.78, 5) is 32.6. The average molecular weight is 379 g/mol. The predicted molar refractivity (Wildman–Crippen MR) is 93.6 cm³/mol. The second kappa shape index (κ2) is 6.64. The molecule has 2 atom stereocenters. The molecule has 0 unspecified atom stereocenters. The average Bonchev–Trinajstić information content (AvgIpc) is 2.93. The number of fused-ring (bicyclic) bond motifs is 4. The third kappa shape index (κ3) is 3.53. The molecule has 3 heterocycles. The number of rotatable bonds is 1. The Bertz CT molecular complexity index is 766. The van der Waals surface area contributed by atoms with E-state index in [1.807, 2.05) is 0 Å². The maximum atomic E-state index is 12.0. The van der Waals surface area contributed by atoms with E-state index in [-0.39, 0.29) is 12.1 Å². The van der Waals surface area contributed by atoms with Crippen molar-refractivity contribution in [1.82, 2.24) is 14.8 Å². The summed E-state index contributed by atoms with van der Waals surface area (Å²) in [7, 11) is 1.34. The standard InChI is InChI=1S/C16H21N5O4S/c1-16(2,3)25-14(22)19-13-18-10-5-9-6-20(15(23)24-4)7-11(12(10)26-13)21(9)8-17/h9,11H,5-7H2,1-4H3,(H,18,19,22)/t9-,11-/m1/s1. The highest BCUT2D eigenvalue weighted by Crippen LogP contribution is 2.41. The number of ether oxygens (including phenoxy) is 2. The molecule has 140 valence electrons. The molecule has 1 aromatic heterocycles. The fourth-order valence-corrected chi connectivity index (χ4v) is 4.28. The van der Waals surface area contributed by atoms with Gasteiger partial charge in [0.2, 0.25) is 0 Å². The molecule has 0 radical (unpaired) electrons. The minimum atomic E-state index is -0.601. The van der Waals surface area contributed by atoms with Crippen molar-refractivity contribution in [1.29, 1.82) is 5.26 Å². The summed E-state index contributed by atoms with van der Waals surface area (Å²) in [5, 5.41) is 12.6. The van der Waals surface area contributed by atoms with Crippen molar-refractivity contribution in [3.8, 4) is 6.19 Å². The number of nitriles is 1. The lowest BCUT2D eigenvalue weighted by Crippen LogP contribution is -2.57. The molecule has 0 spiro atoms. The smallest absolute Gasteiger partial charge is 0.413 e. The number of aromatic nitrogens is 1. The second-order valence-electron chi connectivity index (χ2n) is 7.21. The molecule has 1 N–H and O–H groups in total. The molecule has 0 aromatic carbocycles. The zero-order chi connectivity index (χ0) is 19.1. The first-order valence-corrected chi connectivity index (χ1v) is 9.04. The molecule has 0 aliphatic carbocycles. The van der Waals surface area contributed by atoms with Gasteiger partial charge in [-0.05, 0) is 20.8 Å². The fraction of sp³-hybridized carbons (Fsp3) is 0.625. The van der Waals surface area contributed by atoms with Crippen molar-refractivity contribution in [2.24, 2.45) is 0 Å². The maximum absolute atomic E-state index is 12.0. The molecule has 9 nitrogen and oxygen atoms in total. The van der Waals surface area contributed by atoms with Gasteiger partial charge in [-0.1, -0.05) is 11.3 Å². The minimum Gasteiger partial charge on any atom is -0.453 e. The Balaban J connectivity index is 1.82. The second-order valence-corrected chi connectivity index (χ2v) is 8.24. The van der Waals surface area contributed by atoms with Gasteiger partial charge in [0.15, 0.2) is 11.3 Å². The Morgan fingerprint density at radius 3 is 2.73 bits per heavy atom. The number of nitrogens with zero attached hydrogens (tertiary/aromatic N) is 4. The van der Waals surface area contributed by atoms with Gasteiger partial charge < -0.3 is 14.4 Å². The van der Waals surface area contributed by atoms with Crippen LogP contribution >= 0.6 is 11.3 Å². The number of hydrogen-bond donors (Lipinski definition) is 1. The van der Waals surface area contributed by atoms with Crippen LogP contribution < -0.4 is 5.32 Å². The molecule has 2 aliphatic heterocycles. The van der Waals surface area contributed by atoms with Crippen molar-refractivity contribution in [3.63, 3.8) is 0 Å². The molecule has 2 bridgehead atoms. The minimum absolute atomic E-state index is 0.151. The molecular formula is C16H21N5O4S. The number of carbonyl (C=O) groups excluding carboxylic acids is 2. The summed E-state index contributed by atoms with van der Waals surface area (Å²) in [6.45, 7) is 6.11. The van der Waals surface area contributed by atoms with Crippen molar-refractivity contribution in [2.45, 2.75) is 44.9 Å². The van der Waals surface area contributed by atoms with E-state index in [4.69, 9.17) is 9.47 Å². The van der Waals surface area contributed by atoms with Gasteiger partial charge in [0.05, 0.1) is 36.3 Å². The van der Waals surface area contributed by atoms with E-state index in [2.05, 4.69) is 16.5 Å². The number of amides is 2. The SMILES string of the molecule is COC(=O)N1C[C@H]2Cc3nc(NC(=O)OC(C)(C)C)sc3[C@@H](C1)N2C#N. The Morgan fingerprint density at radius 2 is 2.12 bits per heavy atom. The predicted octanol–water partition coefficient (Wildman–Crippen LogP) is 2.32. The van der Waals surface area contributed by atoms with Crippen LogP contribution in [0.5, 0.6) is 0 Å². The van der Waals surface area contributed by atoms with E-state index in [9.17, 15) is 14.9 Å². The molecule has 1 fully saturated rings. The van der Waals surface area contributed by atoms with Crippen LogP contribution in [-0.2, 0) is 15.9 Å². The van der Waals surface area contributed by atoms with E-state index in [1.54, 1.807) is 30.6 Å². The molecule has 3 rings (SSSR count). The molecular weight excluding hydrogens is 358 g/mol. The van der Waals surface area contributed by atoms with Crippen LogP contribution in [0.15, 0.2) is 0 Å². The maximum Gasteiger partial charge on any atom is 0.413 e. The van der Waals surface area contributed by atoms with Gasteiger partial charge in [-0.2, -0.15) is 5.26 Å². The van der Waals surface area contributed by atoms with Gasteiger partial charge in [0.25, 0.3) is 0 Å². The normalized spacial score (nSPS) is 21.5. The van der Waals surface area contributed by atoms with Crippen molar-refractivity contribution < 1.29 is 19.1 Å². The molecule has 1 saturated heterocycles. The third-order valence-electron chi connectivity index (χ3n) is 4.17. The van der Waals surface area contributed by atoms with Gasteiger partial charge >= 0.3 is 12.2 Å². The van der Waals surface area contributed by atoms with Crippen molar-refractivity contribution in [3.05, 3.63) is 10.6 Å². The Kier molecular flexibility index (Phi) is 4.66. The monoisotopic (exact) mass is 379 g/mol. The highest BCUT2D eigenvalue weighted by Gasteiger charge is 2.44. The topological polar surface area (TPSA) is 108 Å². The molecule has 2 amide bonds. The molecule has 26 heavy (non-hydrogen) atoms. The highest BCUT2D eigenvalue weighted by atomic mass is 32.1. The van der Waals surface area contributed by atoms with E-state index < -0.39 is 17.8 Å². The third-order valence-corrected chi connectivity index (χ3v) is 5.28. The molecule has 0 saturated carbocycles. The van der Waals surface area contributed by atoms with Crippen LogP contribution in [0.2, 0.25) is 0 Å². The summed E-state index contributed by atoms with van der Waals surface area (Å²) in [5.74, 6) is 0. The summed E-state index contributed by atoms with van der Waals surface area (Å²) in [6, 6.07) is -0.435. The number of nitrogens with one attached hydrogen (secondary N) is 1. The Morgan fingerprint density at radius 1 is 1.38 bits per heavy atom. The largest absolute Gasteiger partial charge is 0.453 e. The number of anilines is 1. The Hall–Kier alpha value is -2.54. The van der Waals surface area contributed by atoms with Crippen LogP contribution in [0.3, 0.4) is 0 Å². The Labute approximate surface area is 155 Å². The van der Waals surface area contributed by atoms with Crippen molar-refractivity contribution >= 4 is 28.7 Å². The summed E-state index contributed by atoms with van der Waals surface area (Å²) >= 11 is 1.30. The summed E-state index contributed by atoms with van der Waals surface area (Å²) < 4.78 is 10.1. The van der Waals surface area contributed by atoms with E-state index >= 15 is 0 Å². The first-order valence-electron chi connectivity index (χ1n) is 8.22. The van der Waals surface area contributed by atoms with Gasteiger partial charge in [-0.15, -0.1) is 0 Å². The highest BCUT2D eigenvalue weighted by molar-refractivity contribution is 7.16. The first kappa shape index (κ1) is 18.3. The number of thiazole rings is 1. The lowest BCUT2D eigenvalue weighted by molar-refractivity contribution is 0.0465. The van der Waals surface area contributed by atoms with Crippen molar-refractivity contribution in [2.75, 3.05) is 25.5 Å². The van der Waals surface area contributed by atoms with Gasteiger partial charge in [-0.25, -0.2) is 14.6 Å². The summed E-state index contributed by atoms with van der Waals surface area (Å²) in [6.07, 6.45) is 1.78.